The van der Waals surface area contributed by atoms with Gasteiger partial charge in [0, 0.05) is 0 Å². The fourth-order valence-electron chi connectivity index (χ4n) is 7.84. The molecule has 244 valence electrons. The van der Waals surface area contributed by atoms with Gasteiger partial charge in [-0.15, -0.1) is 0 Å². The molecule has 0 N–H and O–H groups in total. The highest BCUT2D eigenvalue weighted by atomic mass is 28.3. The summed E-state index contributed by atoms with van der Waals surface area (Å²) in [4.78, 5) is 0. The fourth-order valence-corrected chi connectivity index (χ4v) is 17.3. The highest BCUT2D eigenvalue weighted by molar-refractivity contribution is 7.22. The van der Waals surface area contributed by atoms with Gasteiger partial charge in [0.25, 0.3) is 0 Å². The Hall–Kier alpha value is -5.81. The quantitative estimate of drug-likeness (QED) is 0.122. The third-order valence-corrected chi connectivity index (χ3v) is 19.2. The van der Waals surface area contributed by atoms with Crippen molar-refractivity contribution in [1.29, 1.82) is 0 Å². The molecule has 0 aromatic heterocycles. The van der Waals surface area contributed by atoms with E-state index in [1.54, 1.807) is 0 Å². The zero-order valence-corrected chi connectivity index (χ0v) is 30.6. The molecule has 2 heteroatoms. The molecule has 0 atom stereocenters. The van der Waals surface area contributed by atoms with Gasteiger partial charge in [-0.2, -0.15) is 0 Å². The summed E-state index contributed by atoms with van der Waals surface area (Å²) in [6.07, 6.45) is 0. The maximum Gasteiger partial charge on any atom is 0.179 e. The first-order valence-electron chi connectivity index (χ1n) is 19.0. The van der Waals surface area contributed by atoms with E-state index in [9.17, 15) is 4.11 Å². The third-order valence-electron chi connectivity index (χ3n) is 10.1. The minimum absolute atomic E-state index is 0.273. The molecule has 8 rings (SSSR count). The van der Waals surface area contributed by atoms with E-state index in [0.29, 0.717) is 16.8 Å². The largest absolute Gasteiger partial charge is 0.179 e. The third kappa shape index (κ3) is 5.83. The molecule has 51 heavy (non-hydrogen) atoms. The van der Waals surface area contributed by atoms with E-state index in [0.717, 1.165) is 47.4 Å². The topological polar surface area (TPSA) is 0 Å². The molecule has 0 fully saturated rings. The van der Waals surface area contributed by atoms with Crippen LogP contribution in [0, 0.1) is 6.92 Å². The van der Waals surface area contributed by atoms with Gasteiger partial charge in [-0.25, -0.2) is 0 Å². The Bertz CT molecular complexity index is 2370. The maximum atomic E-state index is 10.8. The van der Waals surface area contributed by atoms with E-state index in [4.69, 9.17) is 0 Å². The molecule has 8 aromatic carbocycles. The van der Waals surface area contributed by atoms with Crippen LogP contribution in [0.25, 0.3) is 11.1 Å². The lowest BCUT2D eigenvalue weighted by atomic mass is 10.1. The molecule has 0 saturated heterocycles. The van der Waals surface area contributed by atoms with Gasteiger partial charge < -0.3 is 0 Å². The molecule has 0 spiro atoms. The van der Waals surface area contributed by atoms with E-state index in [1.165, 1.54) is 0 Å². The Balaban J connectivity index is 1.60. The molecular weight excluding hydrogens is 645 g/mol. The van der Waals surface area contributed by atoms with Crippen molar-refractivity contribution in [2.24, 2.45) is 0 Å². The van der Waals surface area contributed by atoms with Crippen molar-refractivity contribution in [2.75, 3.05) is 0 Å². The normalized spacial score (nSPS) is 12.5. The van der Waals surface area contributed by atoms with Crippen molar-refractivity contribution in [3.63, 3.8) is 0 Å². The highest BCUT2D eigenvalue weighted by Crippen LogP contribution is 2.20. The first-order chi connectivity index (χ1) is 26.5. The van der Waals surface area contributed by atoms with Crippen LogP contribution in [-0.2, 0) is 0 Å². The average molecular weight is 688 g/mol. The van der Waals surface area contributed by atoms with Crippen molar-refractivity contribution in [2.45, 2.75) is 6.92 Å². The SMILES string of the molecule is [2H]c1c(C)c([2H])c([Si](c2ccccc2)(c2ccccc2)c2cccc(-c3ccccc3)c2)c([2H])c1[Si](c1ccccc1)(c1ccccc1)c1ccccc1. The van der Waals surface area contributed by atoms with Gasteiger partial charge in [-0.05, 0) is 59.5 Å². The van der Waals surface area contributed by atoms with Crippen molar-refractivity contribution in [1.82, 2.24) is 0 Å². The summed E-state index contributed by atoms with van der Waals surface area (Å²) in [5.41, 5.74) is 2.80. The Morgan fingerprint density at radius 2 is 0.588 bits per heavy atom. The molecule has 8 aromatic rings. The van der Waals surface area contributed by atoms with E-state index >= 15 is 0 Å². The van der Waals surface area contributed by atoms with Crippen LogP contribution in [0.5, 0.6) is 0 Å². The number of rotatable bonds is 9. The van der Waals surface area contributed by atoms with Gasteiger partial charge in [0.15, 0.2) is 16.1 Å². The standard InChI is InChI=1S/C49H40Si2/c1-39-35-48(50(42-24-10-3-11-25-42,43-26-12-4-13-27-43)44-28-14-5-15-29-44)38-49(36-39)51(45-30-16-6-17-31-45,46-32-18-7-19-33-46)47-34-20-23-41(37-47)40-21-8-2-9-22-40/h2-38H,1H3/i35D,36D,38D. The Morgan fingerprint density at radius 3 is 0.961 bits per heavy atom. The smallest absolute Gasteiger partial charge is 0.0623 e. The van der Waals surface area contributed by atoms with Crippen LogP contribution >= 0.6 is 0 Å². The van der Waals surface area contributed by atoms with Gasteiger partial charge in [0.1, 0.15) is 0 Å². The van der Waals surface area contributed by atoms with Crippen LogP contribution in [0.3, 0.4) is 0 Å². The minimum atomic E-state index is -3.46. The molecule has 0 unspecified atom stereocenters. The maximum absolute atomic E-state index is 10.8. The number of hydrogen-bond donors (Lipinski definition) is 0. The van der Waals surface area contributed by atoms with Crippen LogP contribution in [0.4, 0.5) is 0 Å². The number of hydrogen-bond acceptors (Lipinski definition) is 0. The Labute approximate surface area is 308 Å². The van der Waals surface area contributed by atoms with Crippen LogP contribution < -0.4 is 41.5 Å². The second kappa shape index (κ2) is 14.2. The molecule has 0 bridgehead atoms. The van der Waals surface area contributed by atoms with Gasteiger partial charge in [0.05, 0.1) is 4.11 Å². The molecule has 0 nitrogen and oxygen atoms in total. The summed E-state index contributed by atoms with van der Waals surface area (Å²) in [7, 11) is -6.81. The lowest BCUT2D eigenvalue weighted by Crippen LogP contribution is -2.78. The number of benzene rings is 8. The monoisotopic (exact) mass is 687 g/mol. The summed E-state index contributed by atoms with van der Waals surface area (Å²) in [5, 5.41) is 8.03. The molecular formula is C49H40Si2. The first-order valence-corrected chi connectivity index (χ1v) is 21.5. The summed E-state index contributed by atoms with van der Waals surface area (Å²) in [6.45, 7) is 1.92. The zero-order valence-electron chi connectivity index (χ0n) is 31.6. The Morgan fingerprint density at radius 1 is 0.294 bits per heavy atom. The van der Waals surface area contributed by atoms with Gasteiger partial charge in [0.2, 0.25) is 0 Å². The summed E-state index contributed by atoms with van der Waals surface area (Å²) < 4.78 is 31.0. The highest BCUT2D eigenvalue weighted by Gasteiger charge is 2.45. The predicted molar refractivity (Wildman–Crippen MR) is 224 cm³/mol. The molecule has 0 aliphatic heterocycles. The second-order valence-corrected chi connectivity index (χ2v) is 20.5. The van der Waals surface area contributed by atoms with Crippen molar-refractivity contribution in [3.8, 4) is 11.1 Å². The van der Waals surface area contributed by atoms with Crippen LogP contribution in [-0.4, -0.2) is 16.1 Å². The lowest BCUT2D eigenvalue weighted by molar-refractivity contribution is 1.50. The van der Waals surface area contributed by atoms with Gasteiger partial charge in [-0.1, -0.05) is 230 Å². The second-order valence-electron chi connectivity index (χ2n) is 13.0. The van der Waals surface area contributed by atoms with Gasteiger partial charge >= 0.3 is 0 Å². The van der Waals surface area contributed by atoms with E-state index in [2.05, 4.69) is 170 Å². The van der Waals surface area contributed by atoms with E-state index in [1.807, 2.05) is 43.3 Å². The van der Waals surface area contributed by atoms with Crippen molar-refractivity contribution >= 4 is 57.6 Å². The molecule has 0 radical (unpaired) electrons. The first kappa shape index (κ1) is 29.0. The molecule has 0 heterocycles. The van der Waals surface area contributed by atoms with Crippen molar-refractivity contribution < 1.29 is 4.11 Å². The van der Waals surface area contributed by atoms with Gasteiger partial charge in [-0.3, -0.25) is 0 Å². The minimum Gasteiger partial charge on any atom is -0.0623 e. The lowest BCUT2D eigenvalue weighted by Gasteiger charge is -2.38. The van der Waals surface area contributed by atoms with E-state index < -0.39 is 16.1 Å². The molecule has 0 aliphatic carbocycles. The zero-order chi connectivity index (χ0) is 37.1. The molecule has 0 saturated carbocycles. The Kier molecular flexibility index (Phi) is 8.07. The van der Waals surface area contributed by atoms with Crippen LogP contribution in [0.15, 0.2) is 224 Å². The van der Waals surface area contributed by atoms with E-state index in [-0.39, 0.29) is 12.1 Å². The van der Waals surface area contributed by atoms with Crippen molar-refractivity contribution in [3.05, 3.63) is 230 Å². The van der Waals surface area contributed by atoms with Crippen LogP contribution in [0.2, 0.25) is 0 Å². The molecule has 0 amide bonds. The fraction of sp³-hybridized carbons (Fsp3) is 0.0204. The molecule has 0 aliphatic rings. The summed E-state index contributed by atoms with van der Waals surface area (Å²) >= 11 is 0. The van der Waals surface area contributed by atoms with Crippen LogP contribution in [0.1, 0.15) is 9.68 Å². The summed E-state index contributed by atoms with van der Waals surface area (Å²) in [5.74, 6) is 0. The average Bonchev–Trinajstić information content (AvgIpc) is 3.25. The predicted octanol–water partition coefficient (Wildman–Crippen LogP) is 6.42. The summed E-state index contributed by atoms with van der Waals surface area (Å²) in [6, 6.07) is 72.8.